The standard InChI is InChI=1S/C21H17N3O7S3/c1-31-18-13-15(24(25)26)10-11-20(18)33(27,28)22-16-7-3-4-8-17(16)23-34(29,30)21-12-14-6-2-5-9-19(14)32-21/h2-13,22-23H,1H3. The fourth-order valence-corrected chi connectivity index (χ4v) is 6.85. The zero-order valence-electron chi connectivity index (χ0n) is 17.5. The van der Waals surface area contributed by atoms with Crippen LogP contribution in [0.5, 0.6) is 5.75 Å². The Morgan fingerprint density at radius 1 is 0.853 bits per heavy atom. The van der Waals surface area contributed by atoms with Crippen LogP contribution >= 0.6 is 11.3 Å². The Kier molecular flexibility index (Phi) is 6.17. The molecule has 0 unspecified atom stereocenters. The van der Waals surface area contributed by atoms with Gasteiger partial charge in [-0.1, -0.05) is 30.3 Å². The Hall–Kier alpha value is -3.68. The molecule has 0 fully saturated rings. The van der Waals surface area contributed by atoms with Gasteiger partial charge in [-0.05, 0) is 35.7 Å². The summed E-state index contributed by atoms with van der Waals surface area (Å²) in [5.74, 6) is -0.231. The highest BCUT2D eigenvalue weighted by molar-refractivity contribution is 7.95. The summed E-state index contributed by atoms with van der Waals surface area (Å²) < 4.78 is 62.7. The van der Waals surface area contributed by atoms with Crippen LogP contribution in [0.25, 0.3) is 10.1 Å². The largest absolute Gasteiger partial charge is 0.495 e. The molecule has 0 aliphatic rings. The highest BCUT2D eigenvalue weighted by atomic mass is 32.2. The summed E-state index contributed by atoms with van der Waals surface area (Å²) in [6.07, 6.45) is 0. The Labute approximate surface area is 199 Å². The van der Waals surface area contributed by atoms with Crippen LogP contribution in [-0.2, 0) is 20.0 Å². The van der Waals surface area contributed by atoms with E-state index in [-0.39, 0.29) is 31.9 Å². The van der Waals surface area contributed by atoms with Gasteiger partial charge in [-0.3, -0.25) is 19.6 Å². The van der Waals surface area contributed by atoms with E-state index in [1.54, 1.807) is 30.3 Å². The molecule has 0 amide bonds. The Morgan fingerprint density at radius 2 is 1.47 bits per heavy atom. The lowest BCUT2D eigenvalue weighted by molar-refractivity contribution is -0.385. The van der Waals surface area contributed by atoms with Gasteiger partial charge in [-0.15, -0.1) is 11.3 Å². The minimum atomic E-state index is -4.29. The van der Waals surface area contributed by atoms with Crippen molar-refractivity contribution in [3.63, 3.8) is 0 Å². The number of hydrogen-bond donors (Lipinski definition) is 2. The van der Waals surface area contributed by atoms with Crippen LogP contribution in [0.3, 0.4) is 0 Å². The van der Waals surface area contributed by atoms with Gasteiger partial charge in [0.2, 0.25) is 0 Å². The van der Waals surface area contributed by atoms with Gasteiger partial charge in [-0.25, -0.2) is 16.8 Å². The van der Waals surface area contributed by atoms with Crippen LogP contribution in [0.1, 0.15) is 0 Å². The van der Waals surface area contributed by atoms with Gasteiger partial charge in [0.25, 0.3) is 25.7 Å². The third kappa shape index (κ3) is 4.66. The topological polar surface area (TPSA) is 145 Å². The van der Waals surface area contributed by atoms with Crippen LogP contribution in [0.4, 0.5) is 17.1 Å². The van der Waals surface area contributed by atoms with Gasteiger partial charge in [0, 0.05) is 10.8 Å². The Bertz CT molecular complexity index is 1580. The number of nitro benzene ring substituents is 1. The van der Waals surface area contributed by atoms with Gasteiger partial charge in [0.15, 0.2) is 0 Å². The number of non-ortho nitro benzene ring substituents is 1. The summed E-state index contributed by atoms with van der Waals surface area (Å²) in [7, 11) is -7.12. The number of fused-ring (bicyclic) bond motifs is 1. The maximum absolute atomic E-state index is 13.0. The van der Waals surface area contributed by atoms with Crippen LogP contribution in [0.2, 0.25) is 0 Å². The first kappa shape index (κ1) is 23.5. The predicted molar refractivity (Wildman–Crippen MR) is 130 cm³/mol. The molecule has 0 saturated carbocycles. The van der Waals surface area contributed by atoms with Crippen molar-refractivity contribution in [1.29, 1.82) is 0 Å². The van der Waals surface area contributed by atoms with Crippen molar-refractivity contribution in [2.45, 2.75) is 9.10 Å². The fraction of sp³-hybridized carbons (Fsp3) is 0.0476. The SMILES string of the molecule is COc1cc([N+](=O)[O-])ccc1S(=O)(=O)Nc1ccccc1NS(=O)(=O)c1cc2ccccc2s1. The summed E-state index contributed by atoms with van der Waals surface area (Å²) in [4.78, 5) is 9.97. The maximum atomic E-state index is 13.0. The number of benzene rings is 3. The van der Waals surface area contributed by atoms with E-state index in [1.807, 2.05) is 0 Å². The van der Waals surface area contributed by atoms with Crippen molar-refractivity contribution in [3.8, 4) is 5.75 Å². The number of hydrogen-bond acceptors (Lipinski definition) is 8. The van der Waals surface area contributed by atoms with Crippen LogP contribution in [0.15, 0.2) is 81.9 Å². The normalized spacial score (nSPS) is 11.8. The number of anilines is 2. The van der Waals surface area contributed by atoms with E-state index < -0.39 is 25.0 Å². The Morgan fingerprint density at radius 3 is 2.09 bits per heavy atom. The quantitative estimate of drug-likeness (QED) is 0.259. The van der Waals surface area contributed by atoms with E-state index >= 15 is 0 Å². The third-order valence-corrected chi connectivity index (χ3v) is 9.09. The minimum Gasteiger partial charge on any atom is -0.495 e. The highest BCUT2D eigenvalue weighted by Gasteiger charge is 2.25. The molecule has 0 aliphatic heterocycles. The first-order valence-electron chi connectivity index (χ1n) is 9.56. The smallest absolute Gasteiger partial charge is 0.273 e. The van der Waals surface area contributed by atoms with E-state index in [1.165, 1.54) is 31.4 Å². The van der Waals surface area contributed by atoms with Crippen molar-refractivity contribution in [1.82, 2.24) is 0 Å². The van der Waals surface area contributed by atoms with Crippen molar-refractivity contribution >= 4 is 58.5 Å². The first-order chi connectivity index (χ1) is 16.1. The van der Waals surface area contributed by atoms with E-state index in [2.05, 4.69) is 9.44 Å². The molecule has 0 bridgehead atoms. The van der Waals surface area contributed by atoms with Gasteiger partial charge >= 0.3 is 0 Å². The van der Waals surface area contributed by atoms with E-state index in [4.69, 9.17) is 4.74 Å². The number of nitro groups is 1. The van der Waals surface area contributed by atoms with Crippen molar-refractivity contribution in [2.75, 3.05) is 16.6 Å². The lowest BCUT2D eigenvalue weighted by Crippen LogP contribution is -2.17. The van der Waals surface area contributed by atoms with Gasteiger partial charge in [0.05, 0.1) is 29.5 Å². The van der Waals surface area contributed by atoms with Crippen LogP contribution in [0, 0.1) is 10.1 Å². The average Bonchev–Trinajstić information content (AvgIpc) is 3.25. The lowest BCUT2D eigenvalue weighted by atomic mass is 10.3. The van der Waals surface area contributed by atoms with E-state index in [0.29, 0.717) is 0 Å². The second-order valence-electron chi connectivity index (χ2n) is 6.95. The predicted octanol–water partition coefficient (Wildman–Crippen LogP) is 4.42. The van der Waals surface area contributed by atoms with Crippen LogP contribution in [-0.4, -0.2) is 28.9 Å². The molecule has 176 valence electrons. The molecule has 0 atom stereocenters. The third-order valence-electron chi connectivity index (χ3n) is 4.73. The molecule has 0 aliphatic carbocycles. The molecule has 2 N–H and O–H groups in total. The number of ether oxygens (including phenoxy) is 1. The molecule has 13 heteroatoms. The zero-order chi connectivity index (χ0) is 24.5. The number of rotatable bonds is 8. The average molecular weight is 520 g/mol. The molecule has 3 aromatic carbocycles. The summed E-state index contributed by atoms with van der Waals surface area (Å²) in [5.41, 5.74) is -0.371. The maximum Gasteiger partial charge on any atom is 0.273 e. The second kappa shape index (κ2) is 8.93. The second-order valence-corrected chi connectivity index (χ2v) is 11.6. The lowest BCUT2D eigenvalue weighted by Gasteiger charge is -2.15. The van der Waals surface area contributed by atoms with Gasteiger partial charge in [0.1, 0.15) is 14.9 Å². The summed E-state index contributed by atoms with van der Waals surface area (Å²) in [6.45, 7) is 0. The zero-order valence-corrected chi connectivity index (χ0v) is 19.9. The number of para-hydroxylation sites is 2. The van der Waals surface area contributed by atoms with Crippen LogP contribution < -0.4 is 14.2 Å². The number of nitrogens with one attached hydrogen (secondary N) is 2. The molecule has 34 heavy (non-hydrogen) atoms. The molecule has 0 radical (unpaired) electrons. The molecule has 1 heterocycles. The molecule has 4 aromatic rings. The molecular formula is C21H17N3O7S3. The highest BCUT2D eigenvalue weighted by Crippen LogP contribution is 2.34. The summed E-state index contributed by atoms with van der Waals surface area (Å²) in [6, 6.07) is 17.7. The first-order valence-corrected chi connectivity index (χ1v) is 13.3. The number of nitrogens with zero attached hydrogens (tertiary/aromatic N) is 1. The molecule has 4 rings (SSSR count). The summed E-state index contributed by atoms with van der Waals surface area (Å²) >= 11 is 1.09. The van der Waals surface area contributed by atoms with Gasteiger partial charge < -0.3 is 4.74 Å². The van der Waals surface area contributed by atoms with Crippen molar-refractivity contribution in [2.24, 2.45) is 0 Å². The van der Waals surface area contributed by atoms with Gasteiger partial charge in [-0.2, -0.15) is 0 Å². The van der Waals surface area contributed by atoms with Crippen molar-refractivity contribution in [3.05, 3.63) is 82.9 Å². The number of methoxy groups -OCH3 is 1. The molecule has 10 nitrogen and oxygen atoms in total. The fourth-order valence-electron chi connectivity index (χ4n) is 3.14. The monoisotopic (exact) mass is 519 g/mol. The summed E-state index contributed by atoms with van der Waals surface area (Å²) in [5, 5.41) is 11.8. The molecule has 0 spiro atoms. The van der Waals surface area contributed by atoms with E-state index in [0.717, 1.165) is 39.6 Å². The van der Waals surface area contributed by atoms with E-state index in [9.17, 15) is 26.9 Å². The number of sulfonamides is 2. The number of thiophene rings is 1. The molecule has 1 aromatic heterocycles. The molecule has 0 saturated heterocycles. The minimum absolute atomic E-state index is 0.00408. The Balaban J connectivity index is 1.67. The van der Waals surface area contributed by atoms with Crippen molar-refractivity contribution < 1.29 is 26.5 Å². The molecular weight excluding hydrogens is 502 g/mol.